The van der Waals surface area contributed by atoms with Gasteiger partial charge in [-0.15, -0.1) is 11.3 Å². The summed E-state index contributed by atoms with van der Waals surface area (Å²) in [5, 5.41) is 3.62. The first-order valence-electron chi connectivity index (χ1n) is 7.81. The minimum absolute atomic E-state index is 0.0936. The highest BCUT2D eigenvalue weighted by molar-refractivity contribution is 7.17. The molecule has 0 saturated carbocycles. The third-order valence-electron chi connectivity index (χ3n) is 3.79. The molecule has 0 atom stereocenters. The second-order valence-corrected chi connectivity index (χ2v) is 7.00. The first-order chi connectivity index (χ1) is 12.0. The maximum Gasteiger partial charge on any atom is 0.267 e. The van der Waals surface area contributed by atoms with Gasteiger partial charge in [0.1, 0.15) is 15.7 Å². The van der Waals surface area contributed by atoms with Crippen LogP contribution in [0.2, 0.25) is 5.02 Å². The molecule has 0 unspecified atom stereocenters. The standard InChI is InChI=1S/C19H16ClFN2OS/c1-3-12-4-6-13(7-5-12)19-22-11(2)17(25-19)18(24)23-16-9-8-14(20)10-15(16)21/h4-10H,3H2,1-2H3,(H,23,24). The number of benzene rings is 2. The lowest BCUT2D eigenvalue weighted by Crippen LogP contribution is -2.12. The quantitative estimate of drug-likeness (QED) is 0.634. The molecule has 0 aliphatic rings. The van der Waals surface area contributed by atoms with Gasteiger partial charge in [0, 0.05) is 10.6 Å². The number of nitrogens with zero attached hydrogens (tertiary/aromatic N) is 1. The van der Waals surface area contributed by atoms with E-state index in [1.165, 1.54) is 29.0 Å². The summed E-state index contributed by atoms with van der Waals surface area (Å²) in [5.74, 6) is -0.953. The van der Waals surface area contributed by atoms with Crippen LogP contribution in [0.25, 0.3) is 10.6 Å². The highest BCUT2D eigenvalue weighted by atomic mass is 35.5. The highest BCUT2D eigenvalue weighted by Gasteiger charge is 2.17. The van der Waals surface area contributed by atoms with Gasteiger partial charge in [0.2, 0.25) is 0 Å². The van der Waals surface area contributed by atoms with E-state index in [4.69, 9.17) is 11.6 Å². The van der Waals surface area contributed by atoms with E-state index in [9.17, 15) is 9.18 Å². The number of aromatic nitrogens is 1. The molecular formula is C19H16ClFN2OS. The number of aryl methyl sites for hydroxylation is 2. The van der Waals surface area contributed by atoms with Gasteiger partial charge in [0.05, 0.1) is 11.4 Å². The van der Waals surface area contributed by atoms with Crippen LogP contribution in [0.4, 0.5) is 10.1 Å². The van der Waals surface area contributed by atoms with E-state index >= 15 is 0 Å². The fourth-order valence-electron chi connectivity index (χ4n) is 2.38. The number of carbonyl (C=O) groups is 1. The zero-order valence-corrected chi connectivity index (χ0v) is 15.3. The normalized spacial score (nSPS) is 10.7. The Morgan fingerprint density at radius 1 is 1.24 bits per heavy atom. The number of hydrogen-bond donors (Lipinski definition) is 1. The van der Waals surface area contributed by atoms with E-state index < -0.39 is 5.82 Å². The third-order valence-corrected chi connectivity index (χ3v) is 5.23. The van der Waals surface area contributed by atoms with Crippen molar-refractivity contribution in [1.29, 1.82) is 0 Å². The van der Waals surface area contributed by atoms with Crippen molar-refractivity contribution in [2.24, 2.45) is 0 Å². The molecule has 6 heteroatoms. The lowest BCUT2D eigenvalue weighted by atomic mass is 10.1. The number of thiazole rings is 1. The van der Waals surface area contributed by atoms with Crippen LogP contribution in [-0.4, -0.2) is 10.9 Å². The fourth-order valence-corrected chi connectivity index (χ4v) is 3.51. The topological polar surface area (TPSA) is 42.0 Å². The van der Waals surface area contributed by atoms with Crippen LogP contribution >= 0.6 is 22.9 Å². The van der Waals surface area contributed by atoms with Gasteiger partial charge in [-0.2, -0.15) is 0 Å². The minimum atomic E-state index is -0.571. The molecule has 0 fully saturated rings. The Balaban J connectivity index is 1.84. The van der Waals surface area contributed by atoms with Gasteiger partial charge in [-0.3, -0.25) is 4.79 Å². The molecule has 0 saturated heterocycles. The number of nitrogens with one attached hydrogen (secondary N) is 1. The summed E-state index contributed by atoms with van der Waals surface area (Å²) in [6, 6.07) is 12.2. The van der Waals surface area contributed by atoms with Crippen molar-refractivity contribution in [2.75, 3.05) is 5.32 Å². The fraction of sp³-hybridized carbons (Fsp3) is 0.158. The molecular weight excluding hydrogens is 359 g/mol. The molecule has 0 bridgehead atoms. The summed E-state index contributed by atoms with van der Waals surface area (Å²) < 4.78 is 13.9. The van der Waals surface area contributed by atoms with E-state index in [1.54, 1.807) is 6.92 Å². The van der Waals surface area contributed by atoms with Gasteiger partial charge in [-0.25, -0.2) is 9.37 Å². The first-order valence-corrected chi connectivity index (χ1v) is 9.00. The third kappa shape index (κ3) is 3.89. The van der Waals surface area contributed by atoms with Crippen molar-refractivity contribution in [1.82, 2.24) is 4.98 Å². The number of anilines is 1. The second-order valence-electron chi connectivity index (χ2n) is 5.56. The number of amides is 1. The average Bonchev–Trinajstić information content (AvgIpc) is 2.99. The molecule has 3 rings (SSSR count). The van der Waals surface area contributed by atoms with Gasteiger partial charge in [0.15, 0.2) is 0 Å². The van der Waals surface area contributed by atoms with Crippen LogP contribution in [0, 0.1) is 12.7 Å². The summed E-state index contributed by atoms with van der Waals surface area (Å²) in [7, 11) is 0. The second kappa shape index (κ2) is 7.33. The monoisotopic (exact) mass is 374 g/mol. The molecule has 0 spiro atoms. The lowest BCUT2D eigenvalue weighted by molar-refractivity contribution is 0.102. The van der Waals surface area contributed by atoms with Crippen LogP contribution in [-0.2, 0) is 6.42 Å². The summed E-state index contributed by atoms with van der Waals surface area (Å²) >= 11 is 7.02. The number of halogens is 2. The van der Waals surface area contributed by atoms with Crippen molar-refractivity contribution in [3.63, 3.8) is 0 Å². The van der Waals surface area contributed by atoms with E-state index in [1.807, 2.05) is 12.1 Å². The predicted octanol–water partition coefficient (Wildman–Crippen LogP) is 5.73. The first kappa shape index (κ1) is 17.6. The Labute approximate surface area is 154 Å². The van der Waals surface area contributed by atoms with Crippen molar-refractivity contribution < 1.29 is 9.18 Å². The van der Waals surface area contributed by atoms with Gasteiger partial charge < -0.3 is 5.32 Å². The molecule has 25 heavy (non-hydrogen) atoms. The summed E-state index contributed by atoms with van der Waals surface area (Å²) in [6.07, 6.45) is 0.970. The van der Waals surface area contributed by atoms with Crippen LogP contribution in [0.5, 0.6) is 0 Å². The molecule has 3 nitrogen and oxygen atoms in total. The van der Waals surface area contributed by atoms with Gasteiger partial charge >= 0.3 is 0 Å². The molecule has 3 aromatic rings. The van der Waals surface area contributed by atoms with Crippen molar-refractivity contribution in [2.45, 2.75) is 20.3 Å². The molecule has 1 amide bonds. The predicted molar refractivity (Wildman–Crippen MR) is 101 cm³/mol. The van der Waals surface area contributed by atoms with Crippen molar-refractivity contribution in [3.8, 4) is 10.6 Å². The number of rotatable bonds is 4. The van der Waals surface area contributed by atoms with Crippen molar-refractivity contribution >= 4 is 34.5 Å². The Kier molecular flexibility index (Phi) is 5.16. The van der Waals surface area contributed by atoms with E-state index in [0.717, 1.165) is 23.1 Å². The minimum Gasteiger partial charge on any atom is -0.319 e. The lowest BCUT2D eigenvalue weighted by Gasteiger charge is -2.05. The molecule has 1 heterocycles. The Morgan fingerprint density at radius 3 is 2.60 bits per heavy atom. The zero-order valence-electron chi connectivity index (χ0n) is 13.8. The van der Waals surface area contributed by atoms with Gasteiger partial charge in [0.25, 0.3) is 5.91 Å². The number of hydrogen-bond acceptors (Lipinski definition) is 3. The largest absolute Gasteiger partial charge is 0.319 e. The molecule has 0 aliphatic carbocycles. The van der Waals surface area contributed by atoms with E-state index in [-0.39, 0.29) is 16.6 Å². The maximum atomic E-state index is 13.9. The molecule has 2 aromatic carbocycles. The van der Waals surface area contributed by atoms with Crippen LogP contribution in [0.1, 0.15) is 27.9 Å². The Morgan fingerprint density at radius 2 is 1.96 bits per heavy atom. The summed E-state index contributed by atoms with van der Waals surface area (Å²) in [4.78, 5) is 17.4. The molecule has 1 N–H and O–H groups in total. The molecule has 1 aromatic heterocycles. The van der Waals surface area contributed by atoms with Crippen molar-refractivity contribution in [3.05, 3.63) is 69.4 Å². The SMILES string of the molecule is CCc1ccc(-c2nc(C)c(C(=O)Nc3ccc(Cl)cc3F)s2)cc1. The van der Waals surface area contributed by atoms with E-state index in [2.05, 4.69) is 29.4 Å². The zero-order chi connectivity index (χ0) is 18.0. The average molecular weight is 375 g/mol. The number of carbonyl (C=O) groups excluding carboxylic acids is 1. The van der Waals surface area contributed by atoms with E-state index in [0.29, 0.717) is 10.6 Å². The van der Waals surface area contributed by atoms with Gasteiger partial charge in [-0.1, -0.05) is 42.8 Å². The Hall–Kier alpha value is -2.24. The smallest absolute Gasteiger partial charge is 0.267 e. The summed E-state index contributed by atoms with van der Waals surface area (Å²) in [5.41, 5.74) is 2.91. The Bertz CT molecular complexity index is 922. The maximum absolute atomic E-state index is 13.9. The summed E-state index contributed by atoms with van der Waals surface area (Å²) in [6.45, 7) is 3.87. The molecule has 0 aliphatic heterocycles. The molecule has 128 valence electrons. The molecule has 0 radical (unpaired) electrons. The van der Waals surface area contributed by atoms with Gasteiger partial charge in [-0.05, 0) is 37.1 Å². The van der Waals surface area contributed by atoms with Crippen LogP contribution in [0.3, 0.4) is 0 Å². The highest BCUT2D eigenvalue weighted by Crippen LogP contribution is 2.29. The van der Waals surface area contributed by atoms with Crippen LogP contribution < -0.4 is 5.32 Å². The van der Waals surface area contributed by atoms with Crippen LogP contribution in [0.15, 0.2) is 42.5 Å².